The van der Waals surface area contributed by atoms with Crippen molar-refractivity contribution in [2.45, 2.75) is 26.5 Å². The Hall–Kier alpha value is -1.70. The smallest absolute Gasteiger partial charge is 0.216 e. The molecule has 0 atom stereocenters. The molecule has 1 aromatic heterocycles. The number of aromatic nitrogens is 1. The lowest BCUT2D eigenvalue weighted by Gasteiger charge is -2.35. The number of piperazine rings is 1. The van der Waals surface area contributed by atoms with Gasteiger partial charge in [0.15, 0.2) is 11.7 Å². The van der Waals surface area contributed by atoms with E-state index in [1.165, 1.54) is 4.31 Å². The van der Waals surface area contributed by atoms with E-state index in [1.54, 1.807) is 7.05 Å². The standard InChI is InChI=1S/C21H31N5O4S.HI/c1-17(2)29-13-14-31(27,28)26-11-9-25(10-12-26)21(22-3)23-16-19-15-20(30-24-19)18-7-5-4-6-8-18;/h4-8,15,17H,9-14,16H2,1-3H3,(H,22,23);1H. The number of rotatable bonds is 8. The van der Waals surface area contributed by atoms with Crippen molar-refractivity contribution in [3.8, 4) is 11.3 Å². The third kappa shape index (κ3) is 7.42. The van der Waals surface area contributed by atoms with Gasteiger partial charge in [0, 0.05) is 44.9 Å². The number of aliphatic imine (C=N–C) groups is 1. The fraction of sp³-hybridized carbons (Fsp3) is 0.524. The van der Waals surface area contributed by atoms with Gasteiger partial charge < -0.3 is 19.5 Å². The van der Waals surface area contributed by atoms with Crippen molar-refractivity contribution < 1.29 is 17.7 Å². The molecule has 0 bridgehead atoms. The minimum Gasteiger partial charge on any atom is -0.378 e. The summed E-state index contributed by atoms with van der Waals surface area (Å²) in [5.74, 6) is 1.44. The molecule has 0 amide bonds. The highest BCUT2D eigenvalue weighted by Gasteiger charge is 2.28. The van der Waals surface area contributed by atoms with Gasteiger partial charge in [0.2, 0.25) is 10.0 Å². The summed E-state index contributed by atoms with van der Waals surface area (Å²) in [6, 6.07) is 11.7. The SMILES string of the molecule is CN=C(NCc1cc(-c2ccccc2)on1)N1CCN(S(=O)(=O)CCOC(C)C)CC1.I. The van der Waals surface area contributed by atoms with Gasteiger partial charge in [0.25, 0.3) is 0 Å². The van der Waals surface area contributed by atoms with Gasteiger partial charge in [-0.05, 0) is 13.8 Å². The summed E-state index contributed by atoms with van der Waals surface area (Å²) in [6.45, 7) is 6.45. The van der Waals surface area contributed by atoms with Crippen LogP contribution in [0.4, 0.5) is 0 Å². The van der Waals surface area contributed by atoms with E-state index >= 15 is 0 Å². The molecule has 2 aromatic rings. The zero-order valence-corrected chi connectivity index (χ0v) is 21.9. The molecule has 0 saturated carbocycles. The van der Waals surface area contributed by atoms with Crippen LogP contribution in [0.5, 0.6) is 0 Å². The van der Waals surface area contributed by atoms with Crippen LogP contribution in [-0.4, -0.2) is 80.4 Å². The number of ether oxygens (including phenoxy) is 1. The quantitative estimate of drug-likeness (QED) is 0.292. The Kier molecular flexibility index (Phi) is 10.4. The van der Waals surface area contributed by atoms with Gasteiger partial charge in [-0.15, -0.1) is 24.0 Å². The van der Waals surface area contributed by atoms with E-state index in [0.717, 1.165) is 11.3 Å². The first-order valence-corrected chi connectivity index (χ1v) is 12.1. The van der Waals surface area contributed by atoms with E-state index in [1.807, 2.05) is 50.2 Å². The average molecular weight is 577 g/mol. The molecular formula is C21H32IN5O4S. The summed E-state index contributed by atoms with van der Waals surface area (Å²) in [5, 5.41) is 7.40. The number of benzene rings is 1. The third-order valence-electron chi connectivity index (χ3n) is 4.98. The molecule has 0 aliphatic carbocycles. The highest BCUT2D eigenvalue weighted by Crippen LogP contribution is 2.19. The lowest BCUT2D eigenvalue weighted by Crippen LogP contribution is -2.54. The average Bonchev–Trinajstić information content (AvgIpc) is 3.24. The monoisotopic (exact) mass is 577 g/mol. The summed E-state index contributed by atoms with van der Waals surface area (Å²) in [5.41, 5.74) is 1.74. The molecule has 1 saturated heterocycles. The first-order chi connectivity index (χ1) is 14.9. The van der Waals surface area contributed by atoms with Gasteiger partial charge in [-0.25, -0.2) is 8.42 Å². The Morgan fingerprint density at radius 1 is 1.22 bits per heavy atom. The highest BCUT2D eigenvalue weighted by molar-refractivity contribution is 14.0. The van der Waals surface area contributed by atoms with Crippen LogP contribution in [0.1, 0.15) is 19.5 Å². The summed E-state index contributed by atoms with van der Waals surface area (Å²) >= 11 is 0. The van der Waals surface area contributed by atoms with Crippen molar-refractivity contribution in [3.63, 3.8) is 0 Å². The second-order valence-electron chi connectivity index (χ2n) is 7.57. The molecule has 2 heterocycles. The van der Waals surface area contributed by atoms with E-state index in [-0.39, 0.29) is 42.4 Å². The number of sulfonamides is 1. The number of halogens is 1. The molecule has 11 heteroatoms. The van der Waals surface area contributed by atoms with Crippen LogP contribution in [-0.2, 0) is 21.3 Å². The molecular weight excluding hydrogens is 545 g/mol. The van der Waals surface area contributed by atoms with Gasteiger partial charge in [-0.3, -0.25) is 4.99 Å². The molecule has 178 valence electrons. The summed E-state index contributed by atoms with van der Waals surface area (Å²) in [6.07, 6.45) is 0.0231. The Morgan fingerprint density at radius 3 is 2.53 bits per heavy atom. The fourth-order valence-electron chi connectivity index (χ4n) is 3.33. The summed E-state index contributed by atoms with van der Waals surface area (Å²) in [7, 11) is -1.60. The Balaban J connectivity index is 0.00000363. The van der Waals surface area contributed by atoms with Crippen molar-refractivity contribution in [2.75, 3.05) is 45.6 Å². The van der Waals surface area contributed by atoms with E-state index in [0.29, 0.717) is 44.4 Å². The van der Waals surface area contributed by atoms with E-state index < -0.39 is 10.0 Å². The predicted octanol–water partition coefficient (Wildman–Crippen LogP) is 2.41. The third-order valence-corrected chi connectivity index (χ3v) is 6.82. The van der Waals surface area contributed by atoms with Crippen LogP contribution < -0.4 is 5.32 Å². The lowest BCUT2D eigenvalue weighted by atomic mass is 10.2. The van der Waals surface area contributed by atoms with Crippen molar-refractivity contribution >= 4 is 40.0 Å². The molecule has 9 nitrogen and oxygen atoms in total. The molecule has 1 aliphatic rings. The minimum absolute atomic E-state index is 0. The minimum atomic E-state index is -3.31. The van der Waals surface area contributed by atoms with Crippen LogP contribution in [0.2, 0.25) is 0 Å². The molecule has 0 unspecified atom stereocenters. The van der Waals surface area contributed by atoms with Crippen LogP contribution in [0.3, 0.4) is 0 Å². The molecule has 1 N–H and O–H groups in total. The maximum Gasteiger partial charge on any atom is 0.216 e. The number of nitrogens with one attached hydrogen (secondary N) is 1. The molecule has 0 spiro atoms. The van der Waals surface area contributed by atoms with Gasteiger partial charge in [0.05, 0.1) is 25.0 Å². The molecule has 1 aliphatic heterocycles. The molecule has 1 aromatic carbocycles. The first-order valence-electron chi connectivity index (χ1n) is 10.4. The van der Waals surface area contributed by atoms with Crippen LogP contribution >= 0.6 is 24.0 Å². The largest absolute Gasteiger partial charge is 0.378 e. The van der Waals surface area contributed by atoms with Gasteiger partial charge in [-0.1, -0.05) is 35.5 Å². The molecule has 0 radical (unpaired) electrons. The van der Waals surface area contributed by atoms with E-state index in [4.69, 9.17) is 9.26 Å². The number of hydrogen-bond donors (Lipinski definition) is 1. The number of hydrogen-bond acceptors (Lipinski definition) is 6. The lowest BCUT2D eigenvalue weighted by molar-refractivity contribution is 0.0904. The van der Waals surface area contributed by atoms with Crippen molar-refractivity contribution in [1.29, 1.82) is 0 Å². The molecule has 3 rings (SSSR count). The van der Waals surface area contributed by atoms with Crippen molar-refractivity contribution in [1.82, 2.24) is 19.7 Å². The molecule has 32 heavy (non-hydrogen) atoms. The first kappa shape index (κ1) is 26.6. The van der Waals surface area contributed by atoms with Crippen LogP contribution in [0.25, 0.3) is 11.3 Å². The van der Waals surface area contributed by atoms with Gasteiger partial charge >= 0.3 is 0 Å². The topological polar surface area (TPSA) is 100 Å². The Labute approximate surface area is 207 Å². The summed E-state index contributed by atoms with van der Waals surface area (Å²) in [4.78, 5) is 6.38. The maximum atomic E-state index is 12.5. The van der Waals surface area contributed by atoms with E-state index in [9.17, 15) is 8.42 Å². The predicted molar refractivity (Wildman–Crippen MR) is 136 cm³/mol. The normalized spacial score (nSPS) is 15.6. The second kappa shape index (κ2) is 12.5. The van der Waals surface area contributed by atoms with Gasteiger partial charge in [-0.2, -0.15) is 4.31 Å². The summed E-state index contributed by atoms with van der Waals surface area (Å²) < 4.78 is 37.4. The Morgan fingerprint density at radius 2 is 1.91 bits per heavy atom. The highest BCUT2D eigenvalue weighted by atomic mass is 127. The van der Waals surface area contributed by atoms with E-state index in [2.05, 4.69) is 20.4 Å². The number of nitrogens with zero attached hydrogens (tertiary/aromatic N) is 4. The fourth-order valence-corrected chi connectivity index (χ4v) is 4.62. The van der Waals surface area contributed by atoms with Crippen LogP contribution in [0.15, 0.2) is 45.9 Å². The second-order valence-corrected chi connectivity index (χ2v) is 9.66. The van der Waals surface area contributed by atoms with Crippen molar-refractivity contribution in [2.24, 2.45) is 4.99 Å². The Bertz CT molecular complexity index is 958. The van der Waals surface area contributed by atoms with Crippen LogP contribution in [0, 0.1) is 0 Å². The zero-order chi connectivity index (χ0) is 22.3. The maximum absolute atomic E-state index is 12.5. The van der Waals surface area contributed by atoms with Gasteiger partial charge in [0.1, 0.15) is 5.69 Å². The number of guanidine groups is 1. The zero-order valence-electron chi connectivity index (χ0n) is 18.7. The molecule has 1 fully saturated rings. The van der Waals surface area contributed by atoms with Crippen molar-refractivity contribution in [3.05, 3.63) is 42.1 Å².